The third-order valence-corrected chi connectivity index (χ3v) is 12.6. The second-order valence-corrected chi connectivity index (χ2v) is 14.0. The van der Waals surface area contributed by atoms with Crippen molar-refractivity contribution in [3.05, 3.63) is 29.3 Å². The highest BCUT2D eigenvalue weighted by Gasteiger charge is 2.60. The van der Waals surface area contributed by atoms with Crippen LogP contribution in [-0.2, 0) is 6.42 Å². The minimum absolute atomic E-state index is 0.0272. The van der Waals surface area contributed by atoms with Crippen molar-refractivity contribution in [3.8, 4) is 0 Å². The van der Waals surface area contributed by atoms with E-state index in [1.54, 1.807) is 0 Å². The fraction of sp³-hybridized carbons (Fsp3) is 0.767. The number of benzene rings is 1. The van der Waals surface area contributed by atoms with Gasteiger partial charge in [0.05, 0.1) is 21.3 Å². The lowest BCUT2D eigenvalue weighted by molar-refractivity contribution is -0.129. The summed E-state index contributed by atoms with van der Waals surface area (Å²) in [5.74, 6) is 5.25. The lowest BCUT2D eigenvalue weighted by atomic mass is 9.44. The summed E-state index contributed by atoms with van der Waals surface area (Å²) in [6.07, 6.45) is 14.4. The van der Waals surface area contributed by atoms with E-state index in [1.807, 2.05) is 11.3 Å². The summed E-state index contributed by atoms with van der Waals surface area (Å²) < 4.78 is 1.34. The first-order valence-corrected chi connectivity index (χ1v) is 14.7. The number of aromatic nitrogens is 1. The molecule has 4 aliphatic carbocycles. The van der Waals surface area contributed by atoms with E-state index >= 15 is 0 Å². The second kappa shape index (κ2) is 8.33. The molecule has 33 heavy (non-hydrogen) atoms. The summed E-state index contributed by atoms with van der Waals surface area (Å²) in [7, 11) is 0. The Bertz CT molecular complexity index is 967. The van der Waals surface area contributed by atoms with Crippen LogP contribution >= 0.6 is 11.3 Å². The van der Waals surface area contributed by atoms with Gasteiger partial charge in [-0.25, -0.2) is 4.98 Å². The van der Waals surface area contributed by atoms with Crippen LogP contribution in [0.4, 0.5) is 0 Å². The second-order valence-electron chi connectivity index (χ2n) is 12.9. The van der Waals surface area contributed by atoms with Gasteiger partial charge in [-0.2, -0.15) is 0 Å². The van der Waals surface area contributed by atoms with E-state index in [0.717, 1.165) is 54.8 Å². The van der Waals surface area contributed by atoms with Crippen LogP contribution in [0.5, 0.6) is 0 Å². The number of hydrogen-bond donors (Lipinski definition) is 1. The Morgan fingerprint density at radius 2 is 1.79 bits per heavy atom. The first kappa shape index (κ1) is 22.5. The summed E-state index contributed by atoms with van der Waals surface area (Å²) in [6.45, 7) is 7.87. The van der Waals surface area contributed by atoms with Gasteiger partial charge in [0, 0.05) is 0 Å². The number of fused-ring (bicyclic) bond motifs is 6. The number of aliphatic hydroxyl groups is 1. The molecule has 0 aliphatic heterocycles. The van der Waals surface area contributed by atoms with Crippen LogP contribution in [0.25, 0.3) is 10.2 Å². The maximum Gasteiger partial charge on any atom is 0.0938 e. The number of thiazole rings is 1. The molecule has 1 N–H and O–H groups in total. The molecule has 0 amide bonds. The third kappa shape index (κ3) is 3.63. The molecule has 1 aromatic carbocycles. The summed E-state index contributed by atoms with van der Waals surface area (Å²) in [5, 5.41) is 11.6. The van der Waals surface area contributed by atoms with Crippen molar-refractivity contribution in [2.24, 2.45) is 46.3 Å². The number of hydrogen-bond acceptors (Lipinski definition) is 3. The Balaban J connectivity index is 1.15. The van der Waals surface area contributed by atoms with Gasteiger partial charge in [0.15, 0.2) is 0 Å². The molecule has 9 atom stereocenters. The van der Waals surface area contributed by atoms with Gasteiger partial charge in [0.2, 0.25) is 0 Å². The van der Waals surface area contributed by atoms with Gasteiger partial charge in [0.25, 0.3) is 0 Å². The third-order valence-electron chi connectivity index (χ3n) is 11.6. The summed E-state index contributed by atoms with van der Waals surface area (Å²) in [6, 6.07) is 8.60. The molecule has 4 aliphatic rings. The van der Waals surface area contributed by atoms with Gasteiger partial charge in [-0.3, -0.25) is 0 Å². The summed E-state index contributed by atoms with van der Waals surface area (Å²) in [4.78, 5) is 4.92. The van der Waals surface area contributed by atoms with Crippen LogP contribution < -0.4 is 0 Å². The van der Waals surface area contributed by atoms with E-state index < -0.39 is 0 Å². The van der Waals surface area contributed by atoms with Gasteiger partial charge < -0.3 is 5.11 Å². The molecule has 2 nitrogen and oxygen atoms in total. The summed E-state index contributed by atoms with van der Waals surface area (Å²) in [5.41, 5.74) is 2.22. The van der Waals surface area contributed by atoms with Crippen molar-refractivity contribution in [3.63, 3.8) is 0 Å². The molecule has 180 valence electrons. The van der Waals surface area contributed by atoms with Gasteiger partial charge >= 0.3 is 0 Å². The first-order chi connectivity index (χ1) is 15.9. The van der Waals surface area contributed by atoms with Crippen LogP contribution in [0.2, 0.25) is 0 Å². The van der Waals surface area contributed by atoms with E-state index in [0.29, 0.717) is 10.8 Å². The average molecular weight is 466 g/mol. The molecule has 0 saturated heterocycles. The lowest BCUT2D eigenvalue weighted by Crippen LogP contribution is -2.54. The van der Waals surface area contributed by atoms with E-state index in [4.69, 9.17) is 4.98 Å². The zero-order chi connectivity index (χ0) is 22.8. The molecule has 4 fully saturated rings. The first-order valence-electron chi connectivity index (χ1n) is 13.9. The molecular weight excluding hydrogens is 422 g/mol. The average Bonchev–Trinajstić information content (AvgIpc) is 3.38. The van der Waals surface area contributed by atoms with Crippen LogP contribution in [-0.4, -0.2) is 16.2 Å². The van der Waals surface area contributed by atoms with Crippen LogP contribution in [0, 0.1) is 46.3 Å². The Hall–Kier alpha value is -0.930. The highest BCUT2D eigenvalue weighted by atomic mass is 32.1. The number of aryl methyl sites for hydroxylation is 1. The van der Waals surface area contributed by atoms with Crippen molar-refractivity contribution in [1.82, 2.24) is 4.98 Å². The number of para-hydroxylation sites is 1. The smallest absolute Gasteiger partial charge is 0.0938 e. The van der Waals surface area contributed by atoms with Gasteiger partial charge in [0.1, 0.15) is 0 Å². The normalized spacial score (nSPS) is 43.6. The van der Waals surface area contributed by atoms with Gasteiger partial charge in [-0.15, -0.1) is 11.3 Å². The predicted octanol–water partition coefficient (Wildman–Crippen LogP) is 7.88. The lowest BCUT2D eigenvalue weighted by Gasteiger charge is -2.61. The molecule has 6 unspecified atom stereocenters. The molecule has 0 radical (unpaired) electrons. The molecule has 0 bridgehead atoms. The predicted molar refractivity (Wildman–Crippen MR) is 138 cm³/mol. The number of rotatable bonds is 4. The van der Waals surface area contributed by atoms with E-state index in [9.17, 15) is 5.11 Å². The Kier molecular flexibility index (Phi) is 5.69. The van der Waals surface area contributed by atoms with Crippen molar-refractivity contribution < 1.29 is 5.11 Å². The Labute approximate surface area is 204 Å². The minimum atomic E-state index is -0.0272. The summed E-state index contributed by atoms with van der Waals surface area (Å²) >= 11 is 1.90. The molecule has 4 saturated carbocycles. The fourth-order valence-corrected chi connectivity index (χ4v) is 10.8. The molecule has 6 rings (SSSR count). The maximum atomic E-state index is 10.3. The molecule has 1 aromatic heterocycles. The maximum absolute atomic E-state index is 10.3. The fourth-order valence-electron chi connectivity index (χ4n) is 9.79. The van der Waals surface area contributed by atoms with E-state index in [-0.39, 0.29) is 6.10 Å². The number of aliphatic hydroxyl groups excluding tert-OH is 1. The topological polar surface area (TPSA) is 33.1 Å². The molecule has 2 aromatic rings. The van der Waals surface area contributed by atoms with E-state index in [1.165, 1.54) is 66.6 Å². The van der Waals surface area contributed by atoms with Crippen LogP contribution in [0.15, 0.2) is 24.3 Å². The largest absolute Gasteiger partial charge is 0.393 e. The van der Waals surface area contributed by atoms with Crippen molar-refractivity contribution in [2.45, 2.75) is 97.5 Å². The van der Waals surface area contributed by atoms with Gasteiger partial charge in [-0.1, -0.05) is 32.9 Å². The Morgan fingerprint density at radius 3 is 2.64 bits per heavy atom. The van der Waals surface area contributed by atoms with Crippen molar-refractivity contribution in [1.29, 1.82) is 0 Å². The van der Waals surface area contributed by atoms with Crippen molar-refractivity contribution in [2.75, 3.05) is 0 Å². The molecule has 3 heteroatoms. The van der Waals surface area contributed by atoms with E-state index in [2.05, 4.69) is 45.0 Å². The van der Waals surface area contributed by atoms with Gasteiger partial charge in [-0.05, 0) is 129 Å². The highest BCUT2D eigenvalue weighted by Crippen LogP contribution is 2.68. The zero-order valence-electron chi connectivity index (χ0n) is 20.9. The Morgan fingerprint density at radius 1 is 1.00 bits per heavy atom. The zero-order valence-corrected chi connectivity index (χ0v) is 21.7. The molecule has 1 heterocycles. The monoisotopic (exact) mass is 465 g/mol. The van der Waals surface area contributed by atoms with Crippen LogP contribution in [0.1, 0.15) is 90.0 Å². The minimum Gasteiger partial charge on any atom is -0.393 e. The molecule has 0 spiro atoms. The van der Waals surface area contributed by atoms with Crippen molar-refractivity contribution >= 4 is 21.6 Å². The van der Waals surface area contributed by atoms with Crippen LogP contribution in [0.3, 0.4) is 0 Å². The SMILES string of the molecule is C[C@H](CCc1nc2ccccc2s1)[C@H]1CCC2C3CCC4C[C@H](O)CCC4(C)C3CCC21C. The molecular formula is C30H43NOS. The quantitative estimate of drug-likeness (QED) is 0.498. The highest BCUT2D eigenvalue weighted by molar-refractivity contribution is 7.18. The number of nitrogens with zero attached hydrogens (tertiary/aromatic N) is 1. The standard InChI is InChI=1S/C30H43NOS/c1-19(8-13-28-31-26-6-4-5-7-27(26)33-28)23-11-12-24-22-10-9-20-18-21(32)14-16-29(20,2)25(22)15-17-30(23,24)3/h4-7,19-25,32H,8-18H2,1-3H3/t19-,20?,21-,22?,23-,24?,25?,29?,30?/m1/s1.